The number of carbonyl (C=O) groups excluding carboxylic acids is 1. The van der Waals surface area contributed by atoms with Crippen LogP contribution in [0.25, 0.3) is 0 Å². The van der Waals surface area contributed by atoms with E-state index in [9.17, 15) is 4.79 Å². The highest BCUT2D eigenvalue weighted by Crippen LogP contribution is 2.03. The third kappa shape index (κ3) is 10.1. The summed E-state index contributed by atoms with van der Waals surface area (Å²) in [6, 6.07) is 10.3. The molecule has 0 atom stereocenters. The second-order valence-electron chi connectivity index (χ2n) is 5.28. The zero-order valence-electron chi connectivity index (χ0n) is 13.2. The van der Waals surface area contributed by atoms with Crippen molar-refractivity contribution in [2.24, 2.45) is 0 Å². The van der Waals surface area contributed by atoms with Crippen molar-refractivity contribution in [2.45, 2.75) is 51.9 Å². The maximum atomic E-state index is 11.4. The zero-order chi connectivity index (χ0) is 15.2. The highest BCUT2D eigenvalue weighted by atomic mass is 16.6. The summed E-state index contributed by atoms with van der Waals surface area (Å²) in [6.45, 7) is 3.38. The van der Waals surface area contributed by atoms with Crippen molar-refractivity contribution in [2.75, 3.05) is 19.8 Å². The number of ether oxygens (including phenoxy) is 2. The molecule has 0 aliphatic carbocycles. The third-order valence-corrected chi connectivity index (χ3v) is 3.33. The van der Waals surface area contributed by atoms with Crippen LogP contribution in [0, 0.1) is 0 Å². The van der Waals surface area contributed by atoms with Gasteiger partial charge in [-0.15, -0.1) is 0 Å². The molecule has 0 saturated carbocycles. The van der Waals surface area contributed by atoms with Crippen LogP contribution in [0.3, 0.4) is 0 Å². The van der Waals surface area contributed by atoms with Crippen LogP contribution < -0.4 is 0 Å². The Labute approximate surface area is 128 Å². The Morgan fingerprint density at radius 2 is 1.71 bits per heavy atom. The van der Waals surface area contributed by atoms with Crippen LogP contribution in [0.15, 0.2) is 30.3 Å². The first kappa shape index (κ1) is 17.7. The fourth-order valence-electron chi connectivity index (χ4n) is 2.11. The molecular formula is C18H28O3. The zero-order valence-corrected chi connectivity index (χ0v) is 13.2. The van der Waals surface area contributed by atoms with E-state index in [1.54, 1.807) is 0 Å². The molecule has 0 heterocycles. The molecule has 0 aromatic heterocycles. The summed E-state index contributed by atoms with van der Waals surface area (Å²) < 4.78 is 10.5. The number of hydrogen-bond donors (Lipinski definition) is 0. The van der Waals surface area contributed by atoms with E-state index in [1.807, 2.05) is 18.2 Å². The summed E-state index contributed by atoms with van der Waals surface area (Å²) in [5, 5.41) is 0. The summed E-state index contributed by atoms with van der Waals surface area (Å²) >= 11 is 0. The Balaban J connectivity index is 1.89. The van der Waals surface area contributed by atoms with E-state index < -0.39 is 0 Å². The van der Waals surface area contributed by atoms with Crippen LogP contribution in [-0.4, -0.2) is 25.8 Å². The van der Waals surface area contributed by atoms with Gasteiger partial charge in [0.15, 0.2) is 0 Å². The lowest BCUT2D eigenvalue weighted by atomic mass is 10.1. The molecular weight excluding hydrogens is 264 g/mol. The van der Waals surface area contributed by atoms with Crippen LogP contribution in [0.2, 0.25) is 0 Å². The Hall–Kier alpha value is -1.35. The average molecular weight is 292 g/mol. The van der Waals surface area contributed by atoms with E-state index in [-0.39, 0.29) is 12.6 Å². The number of carbonyl (C=O) groups is 1. The molecule has 3 heteroatoms. The standard InChI is InChI=1S/C18H28O3/c1-2-3-4-5-9-15-21-18(19)16-20-14-10-13-17-11-7-6-8-12-17/h6-8,11-12H,2-5,9-10,13-16H2,1H3. The molecule has 0 unspecified atom stereocenters. The minimum absolute atomic E-state index is 0.0732. The van der Waals surface area contributed by atoms with Gasteiger partial charge < -0.3 is 9.47 Å². The summed E-state index contributed by atoms with van der Waals surface area (Å²) in [5.41, 5.74) is 1.30. The monoisotopic (exact) mass is 292 g/mol. The largest absolute Gasteiger partial charge is 0.464 e. The van der Waals surface area contributed by atoms with Crippen molar-refractivity contribution in [1.82, 2.24) is 0 Å². The van der Waals surface area contributed by atoms with Gasteiger partial charge in [0.05, 0.1) is 6.61 Å². The summed E-state index contributed by atoms with van der Waals surface area (Å²) in [7, 11) is 0. The van der Waals surface area contributed by atoms with Crippen LogP contribution in [0.4, 0.5) is 0 Å². The van der Waals surface area contributed by atoms with Gasteiger partial charge >= 0.3 is 5.97 Å². The fourth-order valence-corrected chi connectivity index (χ4v) is 2.11. The fraction of sp³-hybridized carbons (Fsp3) is 0.611. The molecule has 118 valence electrons. The molecule has 0 aliphatic rings. The summed E-state index contributed by atoms with van der Waals surface area (Å²) in [4.78, 5) is 11.4. The van der Waals surface area contributed by atoms with E-state index in [4.69, 9.17) is 9.47 Å². The number of esters is 1. The maximum absolute atomic E-state index is 11.4. The molecule has 0 amide bonds. The van der Waals surface area contributed by atoms with Crippen LogP contribution in [0.1, 0.15) is 51.0 Å². The molecule has 0 bridgehead atoms. The third-order valence-electron chi connectivity index (χ3n) is 3.33. The van der Waals surface area contributed by atoms with Crippen LogP contribution >= 0.6 is 0 Å². The van der Waals surface area contributed by atoms with Crippen LogP contribution in [0.5, 0.6) is 0 Å². The number of aryl methyl sites for hydroxylation is 1. The molecule has 0 fully saturated rings. The van der Waals surface area contributed by atoms with E-state index >= 15 is 0 Å². The molecule has 1 aromatic carbocycles. The van der Waals surface area contributed by atoms with Crippen molar-refractivity contribution in [3.8, 4) is 0 Å². The molecule has 3 nitrogen and oxygen atoms in total. The van der Waals surface area contributed by atoms with Gasteiger partial charge in [-0.3, -0.25) is 0 Å². The van der Waals surface area contributed by atoms with Gasteiger partial charge in [-0.2, -0.15) is 0 Å². The van der Waals surface area contributed by atoms with Gasteiger partial charge in [-0.05, 0) is 24.8 Å². The first-order valence-corrected chi connectivity index (χ1v) is 8.10. The van der Waals surface area contributed by atoms with E-state index in [1.165, 1.54) is 24.8 Å². The number of unbranched alkanes of at least 4 members (excludes halogenated alkanes) is 4. The van der Waals surface area contributed by atoms with E-state index in [2.05, 4.69) is 19.1 Å². The van der Waals surface area contributed by atoms with Crippen molar-refractivity contribution < 1.29 is 14.3 Å². The van der Waals surface area contributed by atoms with Crippen molar-refractivity contribution >= 4 is 5.97 Å². The minimum Gasteiger partial charge on any atom is -0.464 e. The normalized spacial score (nSPS) is 10.5. The van der Waals surface area contributed by atoms with Crippen molar-refractivity contribution in [1.29, 1.82) is 0 Å². The highest BCUT2D eigenvalue weighted by Gasteiger charge is 2.02. The van der Waals surface area contributed by atoms with Gasteiger partial charge in [0.2, 0.25) is 0 Å². The van der Waals surface area contributed by atoms with Gasteiger partial charge in [0.1, 0.15) is 6.61 Å². The Morgan fingerprint density at radius 1 is 0.952 bits per heavy atom. The summed E-state index contributed by atoms with van der Waals surface area (Å²) in [6.07, 6.45) is 7.72. The van der Waals surface area contributed by atoms with Crippen molar-refractivity contribution in [3.63, 3.8) is 0 Å². The smallest absolute Gasteiger partial charge is 0.332 e. The quantitative estimate of drug-likeness (QED) is 0.429. The second kappa shape index (κ2) is 12.4. The second-order valence-corrected chi connectivity index (χ2v) is 5.28. The van der Waals surface area contributed by atoms with Gasteiger partial charge in [-0.1, -0.05) is 62.9 Å². The Morgan fingerprint density at radius 3 is 2.48 bits per heavy atom. The number of benzene rings is 1. The SMILES string of the molecule is CCCCCCCOC(=O)COCCCc1ccccc1. The first-order chi connectivity index (χ1) is 10.3. The summed E-state index contributed by atoms with van der Waals surface area (Å²) in [5.74, 6) is -0.245. The maximum Gasteiger partial charge on any atom is 0.332 e. The Bertz CT molecular complexity index is 362. The molecule has 0 N–H and O–H groups in total. The highest BCUT2D eigenvalue weighted by molar-refractivity contribution is 5.70. The molecule has 0 spiro atoms. The molecule has 0 saturated heterocycles. The first-order valence-electron chi connectivity index (χ1n) is 8.10. The molecule has 0 aliphatic heterocycles. The Kier molecular flexibility index (Phi) is 10.4. The van der Waals surface area contributed by atoms with Gasteiger partial charge in [-0.25, -0.2) is 4.79 Å². The van der Waals surface area contributed by atoms with Crippen LogP contribution in [-0.2, 0) is 20.7 Å². The van der Waals surface area contributed by atoms with E-state index in [0.717, 1.165) is 25.7 Å². The van der Waals surface area contributed by atoms with Gasteiger partial charge in [0, 0.05) is 6.61 Å². The lowest BCUT2D eigenvalue weighted by Gasteiger charge is -2.06. The predicted octanol–water partition coefficient (Wildman–Crippen LogP) is 4.15. The lowest BCUT2D eigenvalue weighted by Crippen LogP contribution is -2.14. The molecule has 1 aromatic rings. The number of rotatable bonds is 12. The molecule has 21 heavy (non-hydrogen) atoms. The number of hydrogen-bond acceptors (Lipinski definition) is 3. The molecule has 1 rings (SSSR count). The lowest BCUT2D eigenvalue weighted by molar-refractivity contribution is -0.149. The topological polar surface area (TPSA) is 35.5 Å². The minimum atomic E-state index is -0.245. The van der Waals surface area contributed by atoms with Gasteiger partial charge in [0.25, 0.3) is 0 Å². The molecule has 0 radical (unpaired) electrons. The average Bonchev–Trinajstić information content (AvgIpc) is 2.51. The van der Waals surface area contributed by atoms with Crippen molar-refractivity contribution in [3.05, 3.63) is 35.9 Å². The predicted molar refractivity (Wildman–Crippen MR) is 85.3 cm³/mol. The van der Waals surface area contributed by atoms with E-state index in [0.29, 0.717) is 13.2 Å².